The van der Waals surface area contributed by atoms with Crippen LogP contribution in [-0.2, 0) is 16.1 Å². The molecule has 1 aliphatic carbocycles. The highest BCUT2D eigenvalue weighted by Crippen LogP contribution is 2.20. The zero-order valence-electron chi connectivity index (χ0n) is 16.9. The van der Waals surface area contributed by atoms with Crippen LogP contribution in [0.3, 0.4) is 0 Å². The lowest BCUT2D eigenvalue weighted by molar-refractivity contribution is -0.142. The van der Waals surface area contributed by atoms with Gasteiger partial charge in [0, 0.05) is 21.5 Å². The smallest absolute Gasteiger partial charge is 0.261 e. The Morgan fingerprint density at radius 3 is 2.20 bits per heavy atom. The second kappa shape index (κ2) is 11.0. The highest BCUT2D eigenvalue weighted by atomic mass is 79.9. The predicted octanol–water partition coefficient (Wildman–Crippen LogP) is 5.07. The number of carbonyl (C=O) groups excluding carboxylic acids is 2. The molecule has 0 aromatic heterocycles. The Bertz CT molecular complexity index is 850. The molecule has 160 valence electrons. The Labute approximate surface area is 194 Å². The molecule has 5 nitrogen and oxygen atoms in total. The summed E-state index contributed by atoms with van der Waals surface area (Å²) >= 11 is 6.81. The standard InChI is InChI=1S/C23H26Br2N2O3/c1-16(23(29)26-20-4-2-3-5-20)27(14-17-6-8-18(24)9-7-17)22(28)15-30-21-12-10-19(25)11-13-21/h6-13,16,20H,2-5,14-15H2,1H3,(H,26,29). The van der Waals surface area contributed by atoms with Gasteiger partial charge in [-0.2, -0.15) is 0 Å². The van der Waals surface area contributed by atoms with Gasteiger partial charge in [0.25, 0.3) is 5.91 Å². The van der Waals surface area contributed by atoms with Crippen LogP contribution in [0.1, 0.15) is 38.2 Å². The van der Waals surface area contributed by atoms with Gasteiger partial charge in [0.1, 0.15) is 11.8 Å². The van der Waals surface area contributed by atoms with Gasteiger partial charge in [-0.15, -0.1) is 0 Å². The molecule has 1 unspecified atom stereocenters. The van der Waals surface area contributed by atoms with Crippen LogP contribution in [0, 0.1) is 0 Å². The summed E-state index contributed by atoms with van der Waals surface area (Å²) in [5.74, 6) is 0.268. The molecule has 1 N–H and O–H groups in total. The van der Waals surface area contributed by atoms with Gasteiger partial charge in [0.15, 0.2) is 6.61 Å². The lowest BCUT2D eigenvalue weighted by Gasteiger charge is -2.29. The van der Waals surface area contributed by atoms with Crippen LogP contribution in [-0.4, -0.2) is 35.4 Å². The van der Waals surface area contributed by atoms with Gasteiger partial charge in [-0.25, -0.2) is 0 Å². The molecule has 7 heteroatoms. The molecule has 1 aliphatic rings. The normalized spacial score (nSPS) is 14.9. The van der Waals surface area contributed by atoms with Gasteiger partial charge in [0.05, 0.1) is 0 Å². The van der Waals surface area contributed by atoms with Crippen LogP contribution < -0.4 is 10.1 Å². The molecule has 0 bridgehead atoms. The number of carbonyl (C=O) groups is 2. The minimum Gasteiger partial charge on any atom is -0.484 e. The number of benzene rings is 2. The highest BCUT2D eigenvalue weighted by molar-refractivity contribution is 9.10. The van der Waals surface area contributed by atoms with Crippen molar-refractivity contribution in [3.63, 3.8) is 0 Å². The number of halogens is 2. The maximum absolute atomic E-state index is 13.0. The Morgan fingerprint density at radius 2 is 1.60 bits per heavy atom. The van der Waals surface area contributed by atoms with Crippen LogP contribution in [0.2, 0.25) is 0 Å². The van der Waals surface area contributed by atoms with Crippen LogP contribution >= 0.6 is 31.9 Å². The number of hydrogen-bond donors (Lipinski definition) is 1. The zero-order valence-corrected chi connectivity index (χ0v) is 20.1. The van der Waals surface area contributed by atoms with E-state index >= 15 is 0 Å². The van der Waals surface area contributed by atoms with Crippen molar-refractivity contribution in [2.75, 3.05) is 6.61 Å². The van der Waals surface area contributed by atoms with E-state index in [1.807, 2.05) is 36.4 Å². The Balaban J connectivity index is 1.69. The molecule has 1 fully saturated rings. The van der Waals surface area contributed by atoms with Gasteiger partial charge in [0.2, 0.25) is 5.91 Å². The molecule has 0 aliphatic heterocycles. The minimum absolute atomic E-state index is 0.115. The first-order valence-corrected chi connectivity index (χ1v) is 11.7. The number of ether oxygens (including phenoxy) is 1. The number of rotatable bonds is 8. The van der Waals surface area contributed by atoms with E-state index in [1.165, 1.54) is 0 Å². The molecule has 2 aromatic carbocycles. The Morgan fingerprint density at radius 1 is 1.03 bits per heavy atom. The zero-order chi connectivity index (χ0) is 21.5. The van der Waals surface area contributed by atoms with Crippen molar-refractivity contribution in [3.8, 4) is 5.75 Å². The highest BCUT2D eigenvalue weighted by Gasteiger charge is 2.28. The van der Waals surface area contributed by atoms with Crippen molar-refractivity contribution in [2.45, 2.75) is 51.2 Å². The summed E-state index contributed by atoms with van der Waals surface area (Å²) in [6.07, 6.45) is 4.29. The number of amides is 2. The fraction of sp³-hybridized carbons (Fsp3) is 0.391. The fourth-order valence-electron chi connectivity index (χ4n) is 3.52. The molecule has 0 saturated heterocycles. The summed E-state index contributed by atoms with van der Waals surface area (Å²) in [6, 6.07) is 14.7. The molecule has 2 aromatic rings. The average Bonchev–Trinajstić information content (AvgIpc) is 3.25. The van der Waals surface area contributed by atoms with E-state index in [2.05, 4.69) is 37.2 Å². The number of nitrogens with one attached hydrogen (secondary N) is 1. The molecule has 0 spiro atoms. The Kier molecular flexibility index (Phi) is 8.33. The molecule has 1 saturated carbocycles. The van der Waals surface area contributed by atoms with E-state index in [9.17, 15) is 9.59 Å². The first kappa shape index (κ1) is 22.8. The van der Waals surface area contributed by atoms with Gasteiger partial charge in [-0.3, -0.25) is 9.59 Å². The third kappa shape index (κ3) is 6.57. The monoisotopic (exact) mass is 536 g/mol. The SMILES string of the molecule is CC(C(=O)NC1CCCC1)N(Cc1ccc(Br)cc1)C(=O)COc1ccc(Br)cc1. The maximum atomic E-state index is 13.0. The van der Waals surface area contributed by atoms with E-state index < -0.39 is 6.04 Å². The number of hydrogen-bond acceptors (Lipinski definition) is 3. The van der Waals surface area contributed by atoms with Crippen molar-refractivity contribution in [1.29, 1.82) is 0 Å². The second-order valence-electron chi connectivity index (χ2n) is 7.56. The lowest BCUT2D eigenvalue weighted by atomic mass is 10.1. The van der Waals surface area contributed by atoms with E-state index in [4.69, 9.17) is 4.74 Å². The first-order chi connectivity index (χ1) is 14.4. The van der Waals surface area contributed by atoms with Crippen LogP contribution in [0.25, 0.3) is 0 Å². The van der Waals surface area contributed by atoms with E-state index in [-0.39, 0.29) is 24.5 Å². The molecule has 0 radical (unpaired) electrons. The van der Waals surface area contributed by atoms with Crippen LogP contribution in [0.4, 0.5) is 0 Å². The van der Waals surface area contributed by atoms with Crippen molar-refractivity contribution < 1.29 is 14.3 Å². The summed E-state index contributed by atoms with van der Waals surface area (Å²) in [5, 5.41) is 3.10. The first-order valence-electron chi connectivity index (χ1n) is 10.1. The summed E-state index contributed by atoms with van der Waals surface area (Å²) < 4.78 is 7.58. The third-order valence-electron chi connectivity index (χ3n) is 5.31. The lowest BCUT2D eigenvalue weighted by Crippen LogP contribution is -2.50. The molecule has 1 atom stereocenters. The van der Waals surface area contributed by atoms with Gasteiger partial charge in [-0.05, 0) is 61.7 Å². The number of nitrogens with zero attached hydrogens (tertiary/aromatic N) is 1. The maximum Gasteiger partial charge on any atom is 0.261 e. The summed E-state index contributed by atoms with van der Waals surface area (Å²) in [5.41, 5.74) is 0.954. The van der Waals surface area contributed by atoms with E-state index in [0.29, 0.717) is 12.3 Å². The van der Waals surface area contributed by atoms with E-state index in [1.54, 1.807) is 24.0 Å². The third-order valence-corrected chi connectivity index (χ3v) is 6.37. The molecule has 2 amide bonds. The van der Waals surface area contributed by atoms with Crippen LogP contribution in [0.15, 0.2) is 57.5 Å². The summed E-state index contributed by atoms with van der Waals surface area (Å²) in [6.45, 7) is 1.99. The molecular weight excluding hydrogens is 512 g/mol. The van der Waals surface area contributed by atoms with Crippen molar-refractivity contribution in [1.82, 2.24) is 10.2 Å². The largest absolute Gasteiger partial charge is 0.484 e. The molecular formula is C23H26Br2N2O3. The predicted molar refractivity (Wildman–Crippen MR) is 124 cm³/mol. The molecule has 30 heavy (non-hydrogen) atoms. The Hall–Kier alpha value is -1.86. The van der Waals surface area contributed by atoms with Crippen molar-refractivity contribution in [2.24, 2.45) is 0 Å². The average molecular weight is 538 g/mol. The van der Waals surface area contributed by atoms with Gasteiger partial charge >= 0.3 is 0 Å². The van der Waals surface area contributed by atoms with Crippen LogP contribution in [0.5, 0.6) is 5.75 Å². The topological polar surface area (TPSA) is 58.6 Å². The quantitative estimate of drug-likeness (QED) is 0.511. The van der Waals surface area contributed by atoms with E-state index in [0.717, 1.165) is 40.2 Å². The summed E-state index contributed by atoms with van der Waals surface area (Å²) in [4.78, 5) is 27.5. The minimum atomic E-state index is -0.588. The van der Waals surface area contributed by atoms with Crippen molar-refractivity contribution >= 4 is 43.7 Å². The molecule has 0 heterocycles. The fourth-order valence-corrected chi connectivity index (χ4v) is 4.05. The van der Waals surface area contributed by atoms with Gasteiger partial charge < -0.3 is 15.0 Å². The second-order valence-corrected chi connectivity index (χ2v) is 9.39. The van der Waals surface area contributed by atoms with Crippen molar-refractivity contribution in [3.05, 3.63) is 63.0 Å². The van der Waals surface area contributed by atoms with Gasteiger partial charge in [-0.1, -0.05) is 56.8 Å². The summed E-state index contributed by atoms with van der Waals surface area (Å²) in [7, 11) is 0. The molecule has 3 rings (SSSR count).